The number of rotatable bonds is 1. The number of nitrogens with zero attached hydrogens (tertiary/aromatic N) is 1. The van der Waals surface area contributed by atoms with Crippen LogP contribution in [0.2, 0.25) is 0 Å². The van der Waals surface area contributed by atoms with Crippen LogP contribution >= 0.6 is 0 Å². The van der Waals surface area contributed by atoms with E-state index < -0.39 is 0 Å². The zero-order valence-electron chi connectivity index (χ0n) is 7.75. The minimum absolute atomic E-state index is 0.500. The summed E-state index contributed by atoms with van der Waals surface area (Å²) in [6.07, 6.45) is 1.68. The van der Waals surface area contributed by atoms with E-state index in [1.807, 2.05) is 0 Å². The van der Waals surface area contributed by atoms with Gasteiger partial charge in [0.15, 0.2) is 0 Å². The molecule has 2 fully saturated rings. The Kier molecular flexibility index (Phi) is 2.63. The molecule has 2 aliphatic heterocycles. The van der Waals surface area contributed by atoms with Crippen LogP contribution in [0.3, 0.4) is 0 Å². The molecule has 0 spiro atoms. The second-order valence-electron chi connectivity index (χ2n) is 3.60. The smallest absolute Gasteiger partial charge is 0.0755 e. The van der Waals surface area contributed by atoms with Gasteiger partial charge in [-0.05, 0) is 19.5 Å². The molecular formula is C9H18N2O. The fourth-order valence-corrected chi connectivity index (χ4v) is 2.26. The lowest BCUT2D eigenvalue weighted by Crippen LogP contribution is -2.58. The molecule has 0 aliphatic carbocycles. The summed E-state index contributed by atoms with van der Waals surface area (Å²) >= 11 is 0. The largest absolute Gasteiger partial charge is 0.375 e. The standard InChI is InChI=1S/C9H18N2O/c1-2-11-5-6-12-9-3-4-10-7-8(9)11/h8-10H,2-7H2,1H3/t8-,9+/m1/s1. The number of morpholine rings is 1. The molecule has 0 unspecified atom stereocenters. The quantitative estimate of drug-likeness (QED) is 0.602. The van der Waals surface area contributed by atoms with Crippen LogP contribution in [0.1, 0.15) is 13.3 Å². The van der Waals surface area contributed by atoms with Gasteiger partial charge < -0.3 is 10.1 Å². The number of hydrogen-bond donors (Lipinski definition) is 1. The predicted molar refractivity (Wildman–Crippen MR) is 48.3 cm³/mol. The number of hydrogen-bond acceptors (Lipinski definition) is 3. The summed E-state index contributed by atoms with van der Waals surface area (Å²) < 4.78 is 5.73. The van der Waals surface area contributed by atoms with Crippen molar-refractivity contribution in [2.75, 3.05) is 32.8 Å². The van der Waals surface area contributed by atoms with Crippen LogP contribution in [-0.2, 0) is 4.74 Å². The van der Waals surface area contributed by atoms with Crippen LogP contribution in [0.5, 0.6) is 0 Å². The molecule has 3 nitrogen and oxygen atoms in total. The van der Waals surface area contributed by atoms with Crippen molar-refractivity contribution in [3.05, 3.63) is 0 Å². The summed E-state index contributed by atoms with van der Waals surface area (Å²) in [7, 11) is 0. The molecule has 0 amide bonds. The SMILES string of the molecule is CCN1CCO[C@H]2CCNC[C@H]21. The van der Waals surface area contributed by atoms with Gasteiger partial charge in [0.1, 0.15) is 0 Å². The molecule has 2 atom stereocenters. The minimum Gasteiger partial charge on any atom is -0.375 e. The molecular weight excluding hydrogens is 152 g/mol. The number of likely N-dealkylation sites (N-methyl/N-ethyl adjacent to an activating group) is 1. The Morgan fingerprint density at radius 2 is 2.50 bits per heavy atom. The summed E-state index contributed by atoms with van der Waals surface area (Å²) in [5, 5.41) is 3.43. The van der Waals surface area contributed by atoms with Gasteiger partial charge in [-0.3, -0.25) is 4.90 Å². The normalized spacial score (nSPS) is 37.8. The van der Waals surface area contributed by atoms with Crippen molar-refractivity contribution in [1.82, 2.24) is 10.2 Å². The van der Waals surface area contributed by atoms with E-state index in [1.54, 1.807) is 0 Å². The molecule has 2 heterocycles. The van der Waals surface area contributed by atoms with Crippen LogP contribution in [0.4, 0.5) is 0 Å². The number of fused-ring (bicyclic) bond motifs is 1. The van der Waals surface area contributed by atoms with E-state index in [9.17, 15) is 0 Å². The first-order valence-electron chi connectivity index (χ1n) is 4.98. The minimum atomic E-state index is 0.500. The van der Waals surface area contributed by atoms with Crippen molar-refractivity contribution >= 4 is 0 Å². The average molecular weight is 170 g/mol. The summed E-state index contributed by atoms with van der Waals surface area (Å²) in [6, 6.07) is 0.637. The molecule has 0 aromatic rings. The molecule has 3 heteroatoms. The van der Waals surface area contributed by atoms with Crippen molar-refractivity contribution in [3.8, 4) is 0 Å². The van der Waals surface area contributed by atoms with E-state index in [0.29, 0.717) is 12.1 Å². The monoisotopic (exact) mass is 170 g/mol. The summed E-state index contributed by atoms with van der Waals surface area (Å²) in [5.74, 6) is 0. The van der Waals surface area contributed by atoms with E-state index in [1.165, 1.54) is 6.42 Å². The van der Waals surface area contributed by atoms with Crippen molar-refractivity contribution in [3.63, 3.8) is 0 Å². The average Bonchev–Trinajstić information content (AvgIpc) is 2.17. The Bertz CT molecular complexity index is 143. The van der Waals surface area contributed by atoms with Gasteiger partial charge in [-0.25, -0.2) is 0 Å². The van der Waals surface area contributed by atoms with Gasteiger partial charge in [-0.1, -0.05) is 6.92 Å². The number of piperidine rings is 1. The van der Waals surface area contributed by atoms with Crippen LogP contribution in [-0.4, -0.2) is 49.8 Å². The first-order valence-corrected chi connectivity index (χ1v) is 4.98. The van der Waals surface area contributed by atoms with Gasteiger partial charge in [-0.2, -0.15) is 0 Å². The maximum absolute atomic E-state index is 5.73. The molecule has 0 aromatic carbocycles. The van der Waals surface area contributed by atoms with Crippen LogP contribution < -0.4 is 5.32 Å². The maximum atomic E-state index is 5.73. The van der Waals surface area contributed by atoms with E-state index in [0.717, 1.165) is 32.8 Å². The first kappa shape index (κ1) is 8.48. The van der Waals surface area contributed by atoms with Gasteiger partial charge in [0.05, 0.1) is 12.7 Å². The maximum Gasteiger partial charge on any atom is 0.0755 e. The molecule has 1 N–H and O–H groups in total. The lowest BCUT2D eigenvalue weighted by Gasteiger charge is -2.43. The Hall–Kier alpha value is -0.120. The van der Waals surface area contributed by atoms with E-state index in [2.05, 4.69) is 17.1 Å². The first-order chi connectivity index (χ1) is 5.92. The molecule has 0 bridgehead atoms. The number of ether oxygens (including phenoxy) is 1. The van der Waals surface area contributed by atoms with E-state index >= 15 is 0 Å². The highest BCUT2D eigenvalue weighted by Gasteiger charge is 2.32. The molecule has 0 radical (unpaired) electrons. The zero-order valence-corrected chi connectivity index (χ0v) is 7.75. The van der Waals surface area contributed by atoms with Crippen LogP contribution in [0.25, 0.3) is 0 Å². The van der Waals surface area contributed by atoms with Crippen molar-refractivity contribution in [2.24, 2.45) is 0 Å². The number of nitrogens with one attached hydrogen (secondary N) is 1. The zero-order chi connectivity index (χ0) is 8.39. The topological polar surface area (TPSA) is 24.5 Å². The molecule has 0 aromatic heterocycles. The summed E-state index contributed by atoms with van der Waals surface area (Å²) in [4.78, 5) is 2.53. The second kappa shape index (κ2) is 3.73. The Morgan fingerprint density at radius 1 is 1.58 bits per heavy atom. The third kappa shape index (κ3) is 1.49. The summed E-state index contributed by atoms with van der Waals surface area (Å²) in [6.45, 7) is 7.66. The van der Waals surface area contributed by atoms with Gasteiger partial charge >= 0.3 is 0 Å². The van der Waals surface area contributed by atoms with Gasteiger partial charge in [0, 0.05) is 19.1 Å². The van der Waals surface area contributed by atoms with Crippen LogP contribution in [0.15, 0.2) is 0 Å². The van der Waals surface area contributed by atoms with E-state index in [-0.39, 0.29) is 0 Å². The van der Waals surface area contributed by atoms with Gasteiger partial charge in [0.25, 0.3) is 0 Å². The molecule has 2 saturated heterocycles. The summed E-state index contributed by atoms with van der Waals surface area (Å²) in [5.41, 5.74) is 0. The van der Waals surface area contributed by atoms with E-state index in [4.69, 9.17) is 4.74 Å². The Labute approximate surface area is 74.1 Å². The van der Waals surface area contributed by atoms with Crippen molar-refractivity contribution in [2.45, 2.75) is 25.5 Å². The lowest BCUT2D eigenvalue weighted by atomic mass is 10.0. The van der Waals surface area contributed by atoms with Crippen molar-refractivity contribution < 1.29 is 4.74 Å². The van der Waals surface area contributed by atoms with Gasteiger partial charge in [-0.15, -0.1) is 0 Å². The lowest BCUT2D eigenvalue weighted by molar-refractivity contribution is -0.0805. The third-order valence-electron chi connectivity index (χ3n) is 2.97. The molecule has 0 saturated carbocycles. The van der Waals surface area contributed by atoms with Crippen molar-refractivity contribution in [1.29, 1.82) is 0 Å². The highest BCUT2D eigenvalue weighted by molar-refractivity contribution is 4.88. The fourth-order valence-electron chi connectivity index (χ4n) is 2.26. The molecule has 12 heavy (non-hydrogen) atoms. The highest BCUT2D eigenvalue weighted by Crippen LogP contribution is 2.18. The molecule has 2 rings (SSSR count). The predicted octanol–water partition coefficient (Wildman–Crippen LogP) is 0.0690. The third-order valence-corrected chi connectivity index (χ3v) is 2.97. The molecule has 2 aliphatic rings. The Morgan fingerprint density at radius 3 is 3.33 bits per heavy atom. The fraction of sp³-hybridized carbons (Fsp3) is 1.00. The second-order valence-corrected chi connectivity index (χ2v) is 3.60. The molecule has 70 valence electrons. The highest BCUT2D eigenvalue weighted by atomic mass is 16.5. The van der Waals surface area contributed by atoms with Gasteiger partial charge in [0.2, 0.25) is 0 Å². The Balaban J connectivity index is 1.99. The van der Waals surface area contributed by atoms with Crippen LogP contribution in [0, 0.1) is 0 Å².